The van der Waals surface area contributed by atoms with Crippen LogP contribution >= 0.6 is 0 Å². The number of benzene rings is 5. The first kappa shape index (κ1) is 37.7. The SMILES string of the molecule is Cc1[nH]n(-c2ccccc2)c(=O)c1C(c1cccc(C(c2c(C)[nH]n(-c3ccccc3)c2=O)c2c(C)[nH]n(-c3ccccc3)c2=O)c1)c1c(C)[nH]n(-c2ccccc2)c1=O. The third kappa shape index (κ3) is 6.34. The molecule has 60 heavy (non-hydrogen) atoms. The molecule has 4 aromatic heterocycles. The lowest BCUT2D eigenvalue weighted by Crippen LogP contribution is -2.26. The number of rotatable bonds is 10. The van der Waals surface area contributed by atoms with Gasteiger partial charge in [0.2, 0.25) is 0 Å². The molecule has 0 saturated heterocycles. The Bertz CT molecular complexity index is 2820. The molecule has 5 aromatic carbocycles. The summed E-state index contributed by atoms with van der Waals surface area (Å²) in [5.41, 5.74) is 6.50. The molecule has 0 radical (unpaired) electrons. The van der Waals surface area contributed by atoms with Crippen molar-refractivity contribution in [3.05, 3.63) is 243 Å². The summed E-state index contributed by atoms with van der Waals surface area (Å²) >= 11 is 0. The molecule has 298 valence electrons. The fourth-order valence-corrected chi connectivity index (χ4v) is 8.51. The van der Waals surface area contributed by atoms with Crippen molar-refractivity contribution in [3.63, 3.8) is 0 Å². The van der Waals surface area contributed by atoms with Crippen LogP contribution in [-0.2, 0) is 0 Å². The second-order valence-electron chi connectivity index (χ2n) is 15.0. The molecule has 12 heteroatoms. The van der Waals surface area contributed by atoms with Crippen LogP contribution in [0.25, 0.3) is 22.7 Å². The summed E-state index contributed by atoms with van der Waals surface area (Å²) in [6.45, 7) is 7.33. The van der Waals surface area contributed by atoms with Crippen LogP contribution in [0.2, 0.25) is 0 Å². The quantitative estimate of drug-likeness (QED) is 0.116. The summed E-state index contributed by atoms with van der Waals surface area (Å²) in [7, 11) is 0. The van der Waals surface area contributed by atoms with Gasteiger partial charge in [0.25, 0.3) is 22.2 Å². The Morgan fingerprint density at radius 1 is 0.333 bits per heavy atom. The molecule has 0 aliphatic rings. The van der Waals surface area contributed by atoms with Gasteiger partial charge in [0, 0.05) is 34.6 Å². The molecule has 0 atom stereocenters. The standard InChI is InChI=1S/C48H42N8O4/c1-29-39(45(57)53(49-29)35-20-9-5-10-21-35)43(40-30(2)50-54(46(40)58)36-22-11-6-12-23-36)33-18-17-19-34(28-33)44(41-31(3)51-55(47(41)59)37-24-13-7-14-25-37)42-32(4)52-56(48(42)60)38-26-15-8-16-27-38/h5-28,43-44,49-52H,1-4H3. The van der Waals surface area contributed by atoms with E-state index in [1.165, 1.54) is 18.7 Å². The van der Waals surface area contributed by atoms with Crippen molar-refractivity contribution in [2.75, 3.05) is 0 Å². The maximum absolute atomic E-state index is 14.7. The molecule has 0 bridgehead atoms. The number of para-hydroxylation sites is 4. The fraction of sp³-hybridized carbons (Fsp3) is 0.125. The monoisotopic (exact) mass is 794 g/mol. The van der Waals surface area contributed by atoms with E-state index >= 15 is 0 Å². The Morgan fingerprint density at radius 2 is 0.567 bits per heavy atom. The lowest BCUT2D eigenvalue weighted by molar-refractivity contribution is 0.829. The van der Waals surface area contributed by atoms with Crippen LogP contribution in [-0.4, -0.2) is 39.1 Å². The van der Waals surface area contributed by atoms with Gasteiger partial charge in [-0.1, -0.05) is 97.1 Å². The first-order valence-corrected chi connectivity index (χ1v) is 19.7. The minimum Gasteiger partial charge on any atom is -0.295 e. The third-order valence-corrected chi connectivity index (χ3v) is 11.3. The van der Waals surface area contributed by atoms with E-state index in [0.717, 1.165) is 0 Å². The van der Waals surface area contributed by atoms with E-state index in [0.29, 0.717) is 78.9 Å². The molecule has 0 fully saturated rings. The summed E-state index contributed by atoms with van der Waals surface area (Å²) in [4.78, 5) is 58.8. The molecule has 0 aliphatic heterocycles. The number of nitrogens with one attached hydrogen (secondary N) is 4. The predicted octanol–water partition coefficient (Wildman–Crippen LogP) is 7.20. The van der Waals surface area contributed by atoms with E-state index in [1.807, 2.05) is 173 Å². The topological polar surface area (TPSA) is 151 Å². The van der Waals surface area contributed by atoms with Gasteiger partial charge in [0.1, 0.15) is 0 Å². The van der Waals surface area contributed by atoms with Gasteiger partial charge in [-0.3, -0.25) is 39.6 Å². The van der Waals surface area contributed by atoms with Crippen molar-refractivity contribution >= 4 is 0 Å². The Kier molecular flexibility index (Phi) is 9.52. The van der Waals surface area contributed by atoms with Crippen molar-refractivity contribution in [2.24, 2.45) is 0 Å². The molecule has 0 aliphatic carbocycles. The molecular weight excluding hydrogens is 753 g/mol. The number of hydrogen-bond acceptors (Lipinski definition) is 4. The molecule has 0 unspecified atom stereocenters. The zero-order valence-electron chi connectivity index (χ0n) is 33.4. The third-order valence-electron chi connectivity index (χ3n) is 11.3. The molecule has 9 rings (SSSR count). The van der Waals surface area contributed by atoms with Gasteiger partial charge in [-0.2, -0.15) is 0 Å². The molecule has 0 amide bonds. The summed E-state index contributed by atoms with van der Waals surface area (Å²) in [6, 6.07) is 44.7. The number of aryl methyl sites for hydroxylation is 4. The predicted molar refractivity (Wildman–Crippen MR) is 233 cm³/mol. The molecule has 9 aromatic rings. The Hall–Kier alpha value is -7.86. The summed E-state index contributed by atoms with van der Waals surface area (Å²) in [6.07, 6.45) is 0. The lowest BCUT2D eigenvalue weighted by Gasteiger charge is -2.20. The number of H-pyrrole nitrogens is 4. The maximum Gasteiger partial charge on any atom is 0.275 e. The van der Waals surface area contributed by atoms with Crippen molar-refractivity contribution in [3.8, 4) is 22.7 Å². The number of aromatic amines is 4. The van der Waals surface area contributed by atoms with Crippen LogP contribution in [0, 0.1) is 27.7 Å². The zero-order valence-corrected chi connectivity index (χ0v) is 33.4. The Labute approximate surface area is 343 Å². The van der Waals surface area contributed by atoms with Gasteiger partial charge in [-0.15, -0.1) is 0 Å². The zero-order chi connectivity index (χ0) is 41.7. The number of aromatic nitrogens is 8. The summed E-state index contributed by atoms with van der Waals surface area (Å²) in [5, 5.41) is 13.1. The average molecular weight is 795 g/mol. The first-order chi connectivity index (χ1) is 29.1. The number of nitrogens with zero attached hydrogens (tertiary/aromatic N) is 4. The minimum absolute atomic E-state index is 0.309. The van der Waals surface area contributed by atoms with Gasteiger partial charge >= 0.3 is 0 Å². The second kappa shape index (κ2) is 15.1. The fourth-order valence-electron chi connectivity index (χ4n) is 8.51. The van der Waals surface area contributed by atoms with Crippen LogP contribution in [0.4, 0.5) is 0 Å². The minimum atomic E-state index is -0.866. The van der Waals surface area contributed by atoms with Crippen molar-refractivity contribution in [1.29, 1.82) is 0 Å². The smallest absolute Gasteiger partial charge is 0.275 e. The highest BCUT2D eigenvalue weighted by molar-refractivity contribution is 5.53. The molecule has 4 heterocycles. The molecule has 12 nitrogen and oxygen atoms in total. The molecule has 0 spiro atoms. The Balaban J connectivity index is 1.31. The van der Waals surface area contributed by atoms with E-state index in [1.54, 1.807) is 0 Å². The van der Waals surface area contributed by atoms with Gasteiger partial charge in [-0.25, -0.2) is 18.7 Å². The van der Waals surface area contributed by atoms with Crippen LogP contribution in [0.1, 0.15) is 68.0 Å². The van der Waals surface area contributed by atoms with Gasteiger partial charge in [0.15, 0.2) is 0 Å². The largest absolute Gasteiger partial charge is 0.295 e. The molecule has 4 N–H and O–H groups in total. The average Bonchev–Trinajstić information content (AvgIpc) is 3.95. The van der Waals surface area contributed by atoms with Crippen molar-refractivity contribution < 1.29 is 0 Å². The van der Waals surface area contributed by atoms with E-state index in [-0.39, 0.29) is 22.2 Å². The number of hydrogen-bond donors (Lipinski definition) is 4. The van der Waals surface area contributed by atoms with Crippen LogP contribution in [0.15, 0.2) is 165 Å². The molecule has 0 saturated carbocycles. The van der Waals surface area contributed by atoms with E-state index in [2.05, 4.69) is 20.4 Å². The lowest BCUT2D eigenvalue weighted by atomic mass is 9.80. The van der Waals surface area contributed by atoms with Crippen LogP contribution in [0.3, 0.4) is 0 Å². The van der Waals surface area contributed by atoms with Crippen LogP contribution in [0.5, 0.6) is 0 Å². The molecular formula is C48H42N8O4. The van der Waals surface area contributed by atoms with Gasteiger partial charge in [-0.05, 0) is 87.4 Å². The highest BCUT2D eigenvalue weighted by Gasteiger charge is 2.34. The van der Waals surface area contributed by atoms with Crippen molar-refractivity contribution in [2.45, 2.75) is 39.5 Å². The Morgan fingerprint density at radius 3 is 0.800 bits per heavy atom. The summed E-state index contributed by atoms with van der Waals surface area (Å²) < 4.78 is 5.97. The summed E-state index contributed by atoms with van der Waals surface area (Å²) in [5.74, 6) is -1.73. The van der Waals surface area contributed by atoms with Crippen molar-refractivity contribution in [1.82, 2.24) is 39.1 Å². The van der Waals surface area contributed by atoms with E-state index < -0.39 is 11.8 Å². The maximum atomic E-state index is 14.7. The first-order valence-electron chi connectivity index (χ1n) is 19.7. The van der Waals surface area contributed by atoms with Crippen LogP contribution < -0.4 is 22.2 Å². The normalized spacial score (nSPS) is 11.6. The van der Waals surface area contributed by atoms with Gasteiger partial charge in [0.05, 0.1) is 45.0 Å². The van der Waals surface area contributed by atoms with Gasteiger partial charge < -0.3 is 0 Å². The van der Waals surface area contributed by atoms with E-state index in [9.17, 15) is 19.2 Å². The highest BCUT2D eigenvalue weighted by Crippen LogP contribution is 2.37. The second-order valence-corrected chi connectivity index (χ2v) is 15.0. The highest BCUT2D eigenvalue weighted by atomic mass is 16.1. The van der Waals surface area contributed by atoms with E-state index in [4.69, 9.17) is 0 Å².